The van der Waals surface area contributed by atoms with E-state index in [1.807, 2.05) is 31.2 Å². The Labute approximate surface area is 200 Å². The van der Waals surface area contributed by atoms with E-state index in [0.717, 1.165) is 50.4 Å². The minimum absolute atomic E-state index is 0.0286. The number of ether oxygens (including phenoxy) is 2. The maximum atomic E-state index is 13.6. The molecule has 34 heavy (non-hydrogen) atoms. The van der Waals surface area contributed by atoms with Crippen LogP contribution in [0.1, 0.15) is 34.7 Å². The minimum Gasteiger partial charge on any atom is -0.872 e. The van der Waals surface area contributed by atoms with Crippen LogP contribution in [0.15, 0.2) is 48.0 Å². The Morgan fingerprint density at radius 3 is 2.47 bits per heavy atom. The minimum atomic E-state index is -0.704. The van der Waals surface area contributed by atoms with Crippen molar-refractivity contribution in [3.8, 4) is 5.75 Å². The van der Waals surface area contributed by atoms with Crippen molar-refractivity contribution in [2.24, 2.45) is 0 Å². The molecule has 2 aliphatic heterocycles. The van der Waals surface area contributed by atoms with Gasteiger partial charge in [-0.1, -0.05) is 41.7 Å². The molecule has 180 valence electrons. The summed E-state index contributed by atoms with van der Waals surface area (Å²) in [7, 11) is 1.56. The second-order valence-corrected chi connectivity index (χ2v) is 9.03. The third kappa shape index (κ3) is 4.86. The molecule has 7 nitrogen and oxygen atoms in total. The second kappa shape index (κ2) is 10.4. The first-order valence-corrected chi connectivity index (χ1v) is 11.8. The van der Waals surface area contributed by atoms with Gasteiger partial charge in [0.05, 0.1) is 32.9 Å². The smallest absolute Gasteiger partial charge is 0.295 e. The van der Waals surface area contributed by atoms with E-state index in [1.165, 1.54) is 4.90 Å². The van der Waals surface area contributed by atoms with Gasteiger partial charge < -0.3 is 24.4 Å². The fourth-order valence-corrected chi connectivity index (χ4v) is 4.77. The van der Waals surface area contributed by atoms with Crippen molar-refractivity contribution in [3.63, 3.8) is 0 Å². The molecule has 0 radical (unpaired) electrons. The van der Waals surface area contributed by atoms with Gasteiger partial charge in [0.25, 0.3) is 5.91 Å². The van der Waals surface area contributed by atoms with E-state index < -0.39 is 23.5 Å². The molecule has 1 N–H and O–H groups in total. The molecule has 1 amide bonds. The highest BCUT2D eigenvalue weighted by Crippen LogP contribution is 2.39. The first-order valence-electron chi connectivity index (χ1n) is 11.8. The summed E-state index contributed by atoms with van der Waals surface area (Å²) in [4.78, 5) is 29.3. The van der Waals surface area contributed by atoms with Crippen molar-refractivity contribution in [2.45, 2.75) is 26.3 Å². The van der Waals surface area contributed by atoms with E-state index >= 15 is 0 Å². The third-order valence-electron chi connectivity index (χ3n) is 6.73. The molecule has 1 unspecified atom stereocenters. The molecule has 0 saturated carbocycles. The van der Waals surface area contributed by atoms with E-state index in [2.05, 4.69) is 0 Å². The number of aryl methyl sites for hydroxylation is 2. The molecular weight excluding hydrogens is 432 g/mol. The zero-order valence-electron chi connectivity index (χ0n) is 20.1. The maximum absolute atomic E-state index is 13.6. The Hall–Kier alpha value is -3.16. The van der Waals surface area contributed by atoms with E-state index in [4.69, 9.17) is 9.47 Å². The lowest BCUT2D eigenvalue weighted by Gasteiger charge is -2.29. The van der Waals surface area contributed by atoms with Crippen molar-refractivity contribution < 1.29 is 29.1 Å². The van der Waals surface area contributed by atoms with Crippen LogP contribution < -0.4 is 14.7 Å². The SMILES string of the molecule is COc1ccc(/C([O-])=C2\C(=O)C(=O)N(CCC[NH+]3CCOCC3)C2c2ccc(C)cc2)c(C)c1. The van der Waals surface area contributed by atoms with Crippen LogP contribution in [0, 0.1) is 13.8 Å². The molecule has 2 fully saturated rings. The molecule has 2 aromatic rings. The van der Waals surface area contributed by atoms with Gasteiger partial charge in [-0.2, -0.15) is 0 Å². The topological polar surface area (TPSA) is 83.3 Å². The predicted molar refractivity (Wildman–Crippen MR) is 126 cm³/mol. The van der Waals surface area contributed by atoms with Crippen molar-refractivity contribution in [1.82, 2.24) is 4.90 Å². The molecule has 0 aliphatic carbocycles. The van der Waals surface area contributed by atoms with Crippen LogP contribution >= 0.6 is 0 Å². The number of Topliss-reactive ketones (excluding diaryl/α,β-unsaturated/α-hetero) is 1. The van der Waals surface area contributed by atoms with Crippen molar-refractivity contribution in [3.05, 3.63) is 70.3 Å². The van der Waals surface area contributed by atoms with Crippen LogP contribution in [0.3, 0.4) is 0 Å². The zero-order valence-corrected chi connectivity index (χ0v) is 20.1. The number of likely N-dealkylation sites (tertiary alicyclic amines) is 1. The fraction of sp³-hybridized carbons (Fsp3) is 0.407. The van der Waals surface area contributed by atoms with E-state index in [1.54, 1.807) is 37.1 Å². The van der Waals surface area contributed by atoms with Crippen LogP contribution in [-0.2, 0) is 14.3 Å². The lowest BCUT2D eigenvalue weighted by atomic mass is 9.93. The zero-order chi connectivity index (χ0) is 24.2. The highest BCUT2D eigenvalue weighted by atomic mass is 16.5. The van der Waals surface area contributed by atoms with Gasteiger partial charge in [0.15, 0.2) is 0 Å². The number of ketones is 1. The molecule has 0 aromatic heterocycles. The summed E-state index contributed by atoms with van der Waals surface area (Å²) in [5.74, 6) is -1.07. The standard InChI is InChI=1S/C27H32N2O5/c1-18-5-7-20(8-6-18)24-23(25(30)22-10-9-21(33-3)17-19(22)2)26(31)27(32)29(24)12-4-11-28-13-15-34-16-14-28/h5-10,17,24,30H,4,11-16H2,1-3H3/b25-23+. The van der Waals surface area contributed by atoms with Gasteiger partial charge in [0.2, 0.25) is 5.78 Å². The highest BCUT2D eigenvalue weighted by Gasteiger charge is 2.44. The Morgan fingerprint density at radius 2 is 1.82 bits per heavy atom. The number of carbonyl (C=O) groups excluding carboxylic acids is 2. The van der Waals surface area contributed by atoms with Gasteiger partial charge in [-0.15, -0.1) is 0 Å². The summed E-state index contributed by atoms with van der Waals surface area (Å²) in [5.41, 5.74) is 2.99. The number of carbonyl (C=O) groups is 2. The summed E-state index contributed by atoms with van der Waals surface area (Å²) in [5, 5.41) is 13.6. The molecule has 2 aromatic carbocycles. The molecule has 0 bridgehead atoms. The number of rotatable bonds is 7. The highest BCUT2D eigenvalue weighted by molar-refractivity contribution is 6.46. The second-order valence-electron chi connectivity index (χ2n) is 9.03. The molecule has 2 saturated heterocycles. The molecule has 0 spiro atoms. The summed E-state index contributed by atoms with van der Waals surface area (Å²) in [6.45, 7) is 8.48. The number of nitrogens with one attached hydrogen (secondary N) is 1. The number of methoxy groups -OCH3 is 1. The van der Waals surface area contributed by atoms with E-state index in [9.17, 15) is 14.7 Å². The Morgan fingerprint density at radius 1 is 1.12 bits per heavy atom. The summed E-state index contributed by atoms with van der Waals surface area (Å²) in [6.07, 6.45) is 0.750. The number of amides is 1. The Bertz CT molecular complexity index is 1090. The van der Waals surface area contributed by atoms with Gasteiger partial charge in [-0.3, -0.25) is 9.59 Å². The molecule has 4 rings (SSSR count). The monoisotopic (exact) mass is 464 g/mol. The average molecular weight is 465 g/mol. The quantitative estimate of drug-likeness (QED) is 0.373. The fourth-order valence-electron chi connectivity index (χ4n) is 4.77. The number of nitrogens with zero attached hydrogens (tertiary/aromatic N) is 1. The maximum Gasteiger partial charge on any atom is 0.295 e. The number of hydrogen-bond donors (Lipinski definition) is 1. The van der Waals surface area contributed by atoms with E-state index in [0.29, 0.717) is 23.4 Å². The number of quaternary nitrogens is 1. The number of benzene rings is 2. The van der Waals surface area contributed by atoms with Crippen LogP contribution in [0.5, 0.6) is 5.75 Å². The third-order valence-corrected chi connectivity index (χ3v) is 6.73. The van der Waals surface area contributed by atoms with Gasteiger partial charge in [0.1, 0.15) is 18.8 Å². The van der Waals surface area contributed by atoms with Crippen molar-refractivity contribution >= 4 is 17.4 Å². The molecule has 1 atom stereocenters. The Balaban J connectivity index is 1.69. The molecule has 7 heteroatoms. The van der Waals surface area contributed by atoms with Crippen LogP contribution in [0.4, 0.5) is 0 Å². The lowest BCUT2D eigenvalue weighted by Crippen LogP contribution is -3.14. The summed E-state index contributed by atoms with van der Waals surface area (Å²) in [6, 6.07) is 12.1. The average Bonchev–Trinajstić information content (AvgIpc) is 3.09. The number of morpholine rings is 1. The van der Waals surface area contributed by atoms with Gasteiger partial charge in [-0.25, -0.2) is 0 Å². The van der Waals surface area contributed by atoms with Gasteiger partial charge in [0, 0.05) is 18.5 Å². The van der Waals surface area contributed by atoms with Crippen molar-refractivity contribution in [2.75, 3.05) is 46.5 Å². The van der Waals surface area contributed by atoms with Crippen LogP contribution in [-0.4, -0.2) is 63.1 Å². The molecule has 2 heterocycles. The van der Waals surface area contributed by atoms with Crippen molar-refractivity contribution in [1.29, 1.82) is 0 Å². The molecule has 2 aliphatic rings. The number of hydrogen-bond acceptors (Lipinski definition) is 5. The predicted octanol–water partition coefficient (Wildman–Crippen LogP) is 0.841. The lowest BCUT2D eigenvalue weighted by molar-refractivity contribution is -0.908. The normalized spacial score (nSPS) is 20.7. The van der Waals surface area contributed by atoms with Crippen LogP contribution in [0.2, 0.25) is 0 Å². The van der Waals surface area contributed by atoms with Gasteiger partial charge in [-0.05, 0) is 42.7 Å². The molecular formula is C27H32N2O5. The summed E-state index contributed by atoms with van der Waals surface area (Å²) < 4.78 is 10.7. The first-order chi connectivity index (χ1) is 16.4. The first kappa shape index (κ1) is 24.0. The van der Waals surface area contributed by atoms with Crippen LogP contribution in [0.25, 0.3) is 5.76 Å². The largest absolute Gasteiger partial charge is 0.872 e. The van der Waals surface area contributed by atoms with Gasteiger partial charge >= 0.3 is 0 Å². The summed E-state index contributed by atoms with van der Waals surface area (Å²) >= 11 is 0. The van der Waals surface area contributed by atoms with E-state index in [-0.39, 0.29) is 5.57 Å². The Kier molecular flexibility index (Phi) is 7.34.